The molecular formula is C21H20Br2O6. The van der Waals surface area contributed by atoms with Gasteiger partial charge in [-0.3, -0.25) is 0 Å². The van der Waals surface area contributed by atoms with Crippen LogP contribution in [0.3, 0.4) is 0 Å². The van der Waals surface area contributed by atoms with Gasteiger partial charge in [-0.2, -0.15) is 0 Å². The molecule has 2 aromatic carbocycles. The number of rotatable bonds is 6. The summed E-state index contributed by atoms with van der Waals surface area (Å²) in [4.78, 5) is 24.9. The number of carbonyl (C=O) groups excluding carboxylic acids is 2. The highest BCUT2D eigenvalue weighted by molar-refractivity contribution is 9.10. The lowest BCUT2D eigenvalue weighted by Crippen LogP contribution is -2.59. The Balaban J connectivity index is 1.85. The molecule has 3 rings (SSSR count). The van der Waals surface area contributed by atoms with Crippen LogP contribution in [0.4, 0.5) is 0 Å². The first kappa shape index (κ1) is 22.0. The molecule has 0 bridgehead atoms. The van der Waals surface area contributed by atoms with E-state index in [9.17, 15) is 9.59 Å². The summed E-state index contributed by atoms with van der Waals surface area (Å²) in [5, 5.41) is 0.474. The van der Waals surface area contributed by atoms with Crippen molar-refractivity contribution in [2.45, 2.75) is 29.4 Å². The summed E-state index contributed by atoms with van der Waals surface area (Å²) >= 11 is 6.94. The Morgan fingerprint density at radius 2 is 1.38 bits per heavy atom. The second-order valence-corrected chi connectivity index (χ2v) is 8.05. The summed E-state index contributed by atoms with van der Waals surface area (Å²) in [5.41, 5.74) is 0.778. The van der Waals surface area contributed by atoms with Gasteiger partial charge in [0.1, 0.15) is 0 Å². The Morgan fingerprint density at radius 1 is 0.897 bits per heavy atom. The van der Waals surface area contributed by atoms with Crippen LogP contribution in [-0.2, 0) is 18.9 Å². The van der Waals surface area contributed by atoms with Crippen molar-refractivity contribution in [1.29, 1.82) is 0 Å². The first-order chi connectivity index (χ1) is 14.0. The first-order valence-electron chi connectivity index (χ1n) is 8.95. The van der Waals surface area contributed by atoms with Crippen molar-refractivity contribution in [2.75, 3.05) is 12.4 Å². The maximum atomic E-state index is 12.7. The van der Waals surface area contributed by atoms with Crippen LogP contribution in [0.5, 0.6) is 0 Å². The van der Waals surface area contributed by atoms with Crippen LogP contribution in [0.2, 0.25) is 0 Å². The number of halogens is 2. The van der Waals surface area contributed by atoms with E-state index in [1.807, 2.05) is 6.07 Å². The minimum absolute atomic E-state index is 0.361. The number of methoxy groups -OCH3 is 1. The minimum atomic E-state index is -0.958. The molecule has 1 heterocycles. The molecule has 0 aliphatic carbocycles. The summed E-state index contributed by atoms with van der Waals surface area (Å²) in [6.07, 6.45) is -3.04. The van der Waals surface area contributed by atoms with Crippen LogP contribution in [0.25, 0.3) is 0 Å². The molecule has 1 fully saturated rings. The molecule has 8 heteroatoms. The molecule has 0 spiro atoms. The van der Waals surface area contributed by atoms with Crippen LogP contribution in [0, 0.1) is 0 Å². The van der Waals surface area contributed by atoms with E-state index in [0.717, 1.165) is 0 Å². The van der Waals surface area contributed by atoms with Crippen LogP contribution in [0.1, 0.15) is 20.7 Å². The summed E-state index contributed by atoms with van der Waals surface area (Å²) in [6, 6.07) is 17.2. The van der Waals surface area contributed by atoms with Gasteiger partial charge in [0.15, 0.2) is 18.5 Å². The van der Waals surface area contributed by atoms with Crippen molar-refractivity contribution in [3.63, 3.8) is 0 Å². The fourth-order valence-electron chi connectivity index (χ4n) is 2.97. The van der Waals surface area contributed by atoms with Crippen LogP contribution >= 0.6 is 31.9 Å². The molecule has 6 nitrogen and oxygen atoms in total. The molecule has 1 aliphatic heterocycles. The molecular weight excluding hydrogens is 508 g/mol. The number of esters is 2. The predicted molar refractivity (Wildman–Crippen MR) is 113 cm³/mol. The maximum Gasteiger partial charge on any atom is 0.338 e. The standard InChI is InChI=1S/C21H20Br2O6/c1-26-21-18(29-20(25)14-10-6-3-7-11-14)17(16(23)15(12-22)27-21)28-19(24)13-8-4-2-5-9-13/h2-11,15-18,21H,12H2,1H3/t15-,16+,17+,18-,21+/m1/s1. The minimum Gasteiger partial charge on any atom is -0.453 e. The second kappa shape index (κ2) is 10.3. The fraction of sp³-hybridized carbons (Fsp3) is 0.333. The van der Waals surface area contributed by atoms with Crippen molar-refractivity contribution < 1.29 is 28.5 Å². The molecule has 1 aliphatic rings. The van der Waals surface area contributed by atoms with Crippen molar-refractivity contribution in [3.05, 3.63) is 71.8 Å². The van der Waals surface area contributed by atoms with E-state index in [0.29, 0.717) is 16.5 Å². The number of carbonyl (C=O) groups is 2. The normalized spacial score (nSPS) is 26.5. The van der Waals surface area contributed by atoms with Gasteiger partial charge in [-0.05, 0) is 24.3 Å². The molecule has 0 amide bonds. The van der Waals surface area contributed by atoms with Gasteiger partial charge >= 0.3 is 11.9 Å². The third-order valence-electron chi connectivity index (χ3n) is 4.46. The Morgan fingerprint density at radius 3 is 1.83 bits per heavy atom. The largest absolute Gasteiger partial charge is 0.453 e. The van der Waals surface area contributed by atoms with Gasteiger partial charge in [-0.15, -0.1) is 0 Å². The monoisotopic (exact) mass is 526 g/mol. The van der Waals surface area contributed by atoms with E-state index < -0.39 is 35.3 Å². The molecule has 0 N–H and O–H groups in total. The number of ether oxygens (including phenoxy) is 4. The number of benzene rings is 2. The van der Waals surface area contributed by atoms with E-state index in [2.05, 4.69) is 31.9 Å². The smallest absolute Gasteiger partial charge is 0.338 e. The molecule has 1 saturated heterocycles. The van der Waals surface area contributed by atoms with E-state index in [1.54, 1.807) is 54.6 Å². The molecule has 2 aromatic rings. The van der Waals surface area contributed by atoms with Crippen molar-refractivity contribution in [1.82, 2.24) is 0 Å². The van der Waals surface area contributed by atoms with Gasteiger partial charge in [-0.25, -0.2) is 9.59 Å². The molecule has 0 saturated carbocycles. The van der Waals surface area contributed by atoms with E-state index in [4.69, 9.17) is 18.9 Å². The number of hydrogen-bond acceptors (Lipinski definition) is 6. The zero-order valence-corrected chi connectivity index (χ0v) is 18.7. The Hall–Kier alpha value is -1.74. The molecule has 154 valence electrons. The topological polar surface area (TPSA) is 71.1 Å². The average Bonchev–Trinajstić information content (AvgIpc) is 2.77. The summed E-state index contributed by atoms with van der Waals surface area (Å²) in [5.74, 6) is -1.08. The number of alkyl halides is 2. The van der Waals surface area contributed by atoms with Gasteiger partial charge < -0.3 is 18.9 Å². The van der Waals surface area contributed by atoms with Crippen molar-refractivity contribution in [3.8, 4) is 0 Å². The highest BCUT2D eigenvalue weighted by Crippen LogP contribution is 2.33. The van der Waals surface area contributed by atoms with Crippen molar-refractivity contribution in [2.24, 2.45) is 0 Å². The summed E-state index contributed by atoms with van der Waals surface area (Å²) in [7, 11) is 1.45. The van der Waals surface area contributed by atoms with Crippen LogP contribution in [0.15, 0.2) is 60.7 Å². The average molecular weight is 528 g/mol. The van der Waals surface area contributed by atoms with Crippen molar-refractivity contribution >= 4 is 43.8 Å². The summed E-state index contributed by atoms with van der Waals surface area (Å²) < 4.78 is 22.7. The van der Waals surface area contributed by atoms with E-state index >= 15 is 0 Å². The third-order valence-corrected chi connectivity index (χ3v) is 6.21. The molecule has 29 heavy (non-hydrogen) atoms. The zero-order chi connectivity index (χ0) is 20.8. The Labute approximate surface area is 185 Å². The van der Waals surface area contributed by atoms with Gasteiger partial charge in [0.25, 0.3) is 0 Å². The summed E-state index contributed by atoms with van der Waals surface area (Å²) in [6.45, 7) is 0. The second-order valence-electron chi connectivity index (χ2n) is 6.35. The van der Waals surface area contributed by atoms with Gasteiger partial charge in [0.05, 0.1) is 22.1 Å². The maximum absolute atomic E-state index is 12.7. The molecule has 0 radical (unpaired) electrons. The third kappa shape index (κ3) is 5.25. The highest BCUT2D eigenvalue weighted by atomic mass is 79.9. The zero-order valence-electron chi connectivity index (χ0n) is 15.6. The lowest BCUT2D eigenvalue weighted by Gasteiger charge is -2.42. The predicted octanol–water partition coefficient (Wildman–Crippen LogP) is 3.97. The lowest BCUT2D eigenvalue weighted by atomic mass is 10.0. The van der Waals surface area contributed by atoms with Gasteiger partial charge in [0, 0.05) is 12.4 Å². The Kier molecular flexibility index (Phi) is 7.83. The quantitative estimate of drug-likeness (QED) is 0.418. The Bertz CT molecular complexity index is 816. The lowest BCUT2D eigenvalue weighted by molar-refractivity contribution is -0.248. The fourth-order valence-corrected chi connectivity index (χ4v) is 4.75. The van der Waals surface area contributed by atoms with E-state index in [1.165, 1.54) is 7.11 Å². The first-order valence-corrected chi connectivity index (χ1v) is 11.0. The van der Waals surface area contributed by atoms with Gasteiger partial charge in [0.2, 0.25) is 0 Å². The molecule has 0 unspecified atom stereocenters. The highest BCUT2D eigenvalue weighted by Gasteiger charge is 2.49. The number of hydrogen-bond donors (Lipinski definition) is 0. The van der Waals surface area contributed by atoms with Gasteiger partial charge in [-0.1, -0.05) is 68.3 Å². The molecule has 5 atom stereocenters. The van der Waals surface area contributed by atoms with Crippen LogP contribution in [-0.4, -0.2) is 53.8 Å². The van der Waals surface area contributed by atoms with E-state index in [-0.39, 0.29) is 6.10 Å². The van der Waals surface area contributed by atoms with Crippen LogP contribution < -0.4 is 0 Å². The SMILES string of the molecule is CO[C@H]1O[C@H](CBr)[C@H](Br)[C@H](OC(=O)c2ccccc2)[C@H]1OC(=O)c1ccccc1. The molecule has 0 aromatic heterocycles.